The topological polar surface area (TPSA) is 32.3 Å². The summed E-state index contributed by atoms with van der Waals surface area (Å²) in [5.41, 5.74) is 3.49. The minimum Gasteiger partial charge on any atom is -0.374 e. The second kappa shape index (κ2) is 7.17. The summed E-state index contributed by atoms with van der Waals surface area (Å²) >= 11 is 0. The second-order valence-electron chi connectivity index (χ2n) is 5.23. The van der Waals surface area contributed by atoms with Crippen LogP contribution in [0, 0.1) is 13.8 Å². The number of benzene rings is 1. The fourth-order valence-corrected chi connectivity index (χ4v) is 2.04. The fourth-order valence-electron chi connectivity index (χ4n) is 2.04. The predicted octanol–water partition coefficient (Wildman–Crippen LogP) is 3.36. The van der Waals surface area contributed by atoms with Gasteiger partial charge in [-0.2, -0.15) is 0 Å². The Hall–Kier alpha value is -1.51. The van der Waals surface area contributed by atoms with Gasteiger partial charge in [-0.1, -0.05) is 25.5 Å². The molecular weight excluding hydrogens is 236 g/mol. The molecule has 3 nitrogen and oxygen atoms in total. The van der Waals surface area contributed by atoms with Crippen molar-refractivity contribution in [3.63, 3.8) is 0 Å². The molecule has 0 fully saturated rings. The van der Waals surface area contributed by atoms with Crippen LogP contribution in [0.4, 0.5) is 5.69 Å². The second-order valence-corrected chi connectivity index (χ2v) is 5.23. The number of nitrogens with one attached hydrogen (secondary N) is 1. The van der Waals surface area contributed by atoms with Crippen LogP contribution in [0.3, 0.4) is 0 Å². The lowest BCUT2D eigenvalue weighted by atomic mass is 10.1. The van der Waals surface area contributed by atoms with Gasteiger partial charge in [0.1, 0.15) is 6.04 Å². The smallest absolute Gasteiger partial charge is 0.244 e. The van der Waals surface area contributed by atoms with Crippen molar-refractivity contribution in [3.05, 3.63) is 29.3 Å². The molecule has 106 valence electrons. The molecule has 1 aromatic rings. The number of nitrogens with zero attached hydrogens (tertiary/aromatic N) is 1. The highest BCUT2D eigenvalue weighted by Gasteiger charge is 2.17. The van der Waals surface area contributed by atoms with Gasteiger partial charge in [-0.3, -0.25) is 4.79 Å². The maximum Gasteiger partial charge on any atom is 0.244 e. The van der Waals surface area contributed by atoms with E-state index in [1.165, 1.54) is 11.1 Å². The highest BCUT2D eigenvalue weighted by Crippen LogP contribution is 2.19. The first-order valence-corrected chi connectivity index (χ1v) is 7.05. The third-order valence-corrected chi connectivity index (χ3v) is 3.57. The number of aryl methyl sites for hydroxylation is 1. The molecule has 0 aromatic heterocycles. The zero-order chi connectivity index (χ0) is 14.4. The Morgan fingerprint density at radius 2 is 2.05 bits per heavy atom. The molecule has 0 aliphatic rings. The lowest BCUT2D eigenvalue weighted by molar-refractivity contribution is -0.130. The zero-order valence-electron chi connectivity index (χ0n) is 12.8. The highest BCUT2D eigenvalue weighted by atomic mass is 16.2. The molecule has 0 aliphatic heterocycles. The van der Waals surface area contributed by atoms with Crippen molar-refractivity contribution in [2.45, 2.75) is 46.6 Å². The van der Waals surface area contributed by atoms with Crippen molar-refractivity contribution in [2.75, 3.05) is 18.9 Å². The molecular formula is C16H26N2O. The Balaban J connectivity index is 2.66. The van der Waals surface area contributed by atoms with Crippen LogP contribution in [0.15, 0.2) is 18.2 Å². The summed E-state index contributed by atoms with van der Waals surface area (Å²) in [5, 5.41) is 3.32. The number of rotatable bonds is 6. The van der Waals surface area contributed by atoms with Crippen molar-refractivity contribution in [3.8, 4) is 0 Å². The summed E-state index contributed by atoms with van der Waals surface area (Å²) in [5.74, 6) is 0.148. The maximum atomic E-state index is 12.2. The van der Waals surface area contributed by atoms with Gasteiger partial charge in [0, 0.05) is 19.3 Å². The number of amides is 1. The highest BCUT2D eigenvalue weighted by molar-refractivity contribution is 5.84. The van der Waals surface area contributed by atoms with Crippen molar-refractivity contribution >= 4 is 11.6 Å². The normalized spacial score (nSPS) is 12.1. The van der Waals surface area contributed by atoms with Crippen molar-refractivity contribution in [2.24, 2.45) is 0 Å². The van der Waals surface area contributed by atoms with E-state index in [-0.39, 0.29) is 11.9 Å². The van der Waals surface area contributed by atoms with Crippen LogP contribution >= 0.6 is 0 Å². The maximum absolute atomic E-state index is 12.2. The summed E-state index contributed by atoms with van der Waals surface area (Å²) in [4.78, 5) is 14.0. The third kappa shape index (κ3) is 4.27. The Kier molecular flexibility index (Phi) is 5.87. The number of likely N-dealkylation sites (N-methyl/N-ethyl adjacent to an activating group) is 1. The summed E-state index contributed by atoms with van der Waals surface area (Å²) in [7, 11) is 1.87. The Morgan fingerprint density at radius 1 is 1.37 bits per heavy atom. The van der Waals surface area contributed by atoms with Gasteiger partial charge >= 0.3 is 0 Å². The third-order valence-electron chi connectivity index (χ3n) is 3.57. The van der Waals surface area contributed by atoms with Gasteiger partial charge in [-0.15, -0.1) is 0 Å². The van der Waals surface area contributed by atoms with Crippen LogP contribution in [0.2, 0.25) is 0 Å². The molecule has 0 saturated heterocycles. The van der Waals surface area contributed by atoms with Crippen molar-refractivity contribution < 1.29 is 4.79 Å². The minimum absolute atomic E-state index is 0.148. The first-order chi connectivity index (χ1) is 8.97. The van der Waals surface area contributed by atoms with E-state index < -0.39 is 0 Å². The average molecular weight is 262 g/mol. The number of unbranched alkanes of at least 4 members (excludes halogenated alkanes) is 1. The largest absolute Gasteiger partial charge is 0.374 e. The van der Waals surface area contributed by atoms with E-state index in [0.717, 1.165) is 25.1 Å². The van der Waals surface area contributed by atoms with Crippen LogP contribution in [-0.4, -0.2) is 30.4 Å². The van der Waals surface area contributed by atoms with Gasteiger partial charge in [0.05, 0.1) is 0 Å². The van der Waals surface area contributed by atoms with Gasteiger partial charge in [-0.05, 0) is 44.4 Å². The first kappa shape index (κ1) is 15.5. The SMILES string of the molecule is CCCCN(C)C(=O)C(C)Nc1cccc(C)c1C. The number of hydrogen-bond donors (Lipinski definition) is 1. The molecule has 3 heteroatoms. The van der Waals surface area contributed by atoms with Crippen LogP contribution < -0.4 is 5.32 Å². The number of carbonyl (C=O) groups is 1. The molecule has 1 atom stereocenters. The van der Waals surface area contributed by atoms with Crippen molar-refractivity contribution in [1.29, 1.82) is 0 Å². The van der Waals surface area contributed by atoms with Crippen LogP contribution in [-0.2, 0) is 4.79 Å². The molecule has 0 radical (unpaired) electrons. The van der Waals surface area contributed by atoms with Crippen LogP contribution in [0.1, 0.15) is 37.8 Å². The molecule has 0 aliphatic carbocycles. The molecule has 0 saturated carbocycles. The number of hydrogen-bond acceptors (Lipinski definition) is 2. The molecule has 0 spiro atoms. The van der Waals surface area contributed by atoms with E-state index in [1.807, 2.05) is 31.0 Å². The minimum atomic E-state index is -0.192. The lowest BCUT2D eigenvalue weighted by Crippen LogP contribution is -2.39. The van der Waals surface area contributed by atoms with Gasteiger partial charge in [0.2, 0.25) is 5.91 Å². The Morgan fingerprint density at radius 3 is 2.68 bits per heavy atom. The van der Waals surface area contributed by atoms with Gasteiger partial charge in [-0.25, -0.2) is 0 Å². The molecule has 1 N–H and O–H groups in total. The van der Waals surface area contributed by atoms with E-state index in [1.54, 1.807) is 0 Å². The predicted molar refractivity (Wildman–Crippen MR) is 81.5 cm³/mol. The summed E-state index contributed by atoms with van der Waals surface area (Å²) in [6.07, 6.45) is 2.16. The monoisotopic (exact) mass is 262 g/mol. The van der Waals surface area contributed by atoms with Crippen LogP contribution in [0.25, 0.3) is 0 Å². The van der Waals surface area contributed by atoms with Gasteiger partial charge < -0.3 is 10.2 Å². The van der Waals surface area contributed by atoms with E-state index in [9.17, 15) is 4.79 Å². The van der Waals surface area contributed by atoms with Crippen LogP contribution in [0.5, 0.6) is 0 Å². The molecule has 0 bridgehead atoms. The molecule has 1 rings (SSSR count). The standard InChI is InChI=1S/C16H26N2O/c1-6-7-11-18(5)16(19)14(4)17-15-10-8-9-12(2)13(15)3/h8-10,14,17H,6-7,11H2,1-5H3. The molecule has 1 amide bonds. The Bertz CT molecular complexity index is 429. The quantitative estimate of drug-likeness (QED) is 0.852. The zero-order valence-corrected chi connectivity index (χ0v) is 12.8. The van der Waals surface area contributed by atoms with E-state index >= 15 is 0 Å². The average Bonchev–Trinajstić information content (AvgIpc) is 2.40. The van der Waals surface area contributed by atoms with E-state index in [4.69, 9.17) is 0 Å². The summed E-state index contributed by atoms with van der Waals surface area (Å²) < 4.78 is 0. The fraction of sp³-hybridized carbons (Fsp3) is 0.562. The van der Waals surface area contributed by atoms with Gasteiger partial charge in [0.25, 0.3) is 0 Å². The molecule has 1 unspecified atom stereocenters. The molecule has 1 aromatic carbocycles. The van der Waals surface area contributed by atoms with Crippen molar-refractivity contribution in [1.82, 2.24) is 4.90 Å². The summed E-state index contributed by atoms with van der Waals surface area (Å²) in [6, 6.07) is 5.93. The lowest BCUT2D eigenvalue weighted by Gasteiger charge is -2.23. The molecule has 0 heterocycles. The van der Waals surface area contributed by atoms with E-state index in [0.29, 0.717) is 0 Å². The number of carbonyl (C=O) groups excluding carboxylic acids is 1. The Labute approximate surface area is 117 Å². The first-order valence-electron chi connectivity index (χ1n) is 7.05. The number of anilines is 1. The van der Waals surface area contributed by atoms with Gasteiger partial charge in [0.15, 0.2) is 0 Å². The van der Waals surface area contributed by atoms with E-state index in [2.05, 4.69) is 32.2 Å². The summed E-state index contributed by atoms with van der Waals surface area (Å²) in [6.45, 7) is 9.05. The molecule has 19 heavy (non-hydrogen) atoms.